The molecule has 136 valence electrons. The van der Waals surface area contributed by atoms with Crippen molar-refractivity contribution in [3.05, 3.63) is 35.8 Å². The Morgan fingerprint density at radius 1 is 1.48 bits per heavy atom. The summed E-state index contributed by atoms with van der Waals surface area (Å²) < 4.78 is 7.33. The molecule has 2 aromatic heterocycles. The number of hydrogen-bond donors (Lipinski definition) is 1. The molecule has 2 aromatic rings. The van der Waals surface area contributed by atoms with Gasteiger partial charge in [0.25, 0.3) is 0 Å². The Morgan fingerprint density at radius 3 is 3.00 bits per heavy atom. The molecule has 1 saturated heterocycles. The molecule has 0 aromatic carbocycles. The summed E-state index contributed by atoms with van der Waals surface area (Å²) >= 11 is 0. The van der Waals surface area contributed by atoms with Gasteiger partial charge in [-0.15, -0.1) is 0 Å². The Hall–Kier alpha value is -2.15. The normalized spacial score (nSPS) is 19.7. The van der Waals surface area contributed by atoms with Crippen LogP contribution in [0, 0.1) is 19.8 Å². The van der Waals surface area contributed by atoms with Crippen LogP contribution in [0.15, 0.2) is 22.8 Å². The molecule has 3 rings (SSSR count). The number of likely N-dealkylation sites (tertiary alicyclic amines) is 1. The van der Waals surface area contributed by atoms with Gasteiger partial charge in [0.05, 0.1) is 18.8 Å². The fourth-order valence-corrected chi connectivity index (χ4v) is 3.52. The number of carbonyl (C=O) groups excluding carboxylic acids is 1. The minimum atomic E-state index is -0.108. The summed E-state index contributed by atoms with van der Waals surface area (Å²) in [5, 5.41) is 7.46. The number of aromatic nitrogens is 3. The van der Waals surface area contributed by atoms with Gasteiger partial charge in [-0.2, -0.15) is 5.10 Å². The van der Waals surface area contributed by atoms with Crippen LogP contribution in [0.4, 0.5) is 0 Å². The van der Waals surface area contributed by atoms with Crippen LogP contribution in [-0.4, -0.2) is 45.2 Å². The third-order valence-electron chi connectivity index (χ3n) is 4.71. The number of nitrogens with one attached hydrogen (secondary N) is 1. The fourth-order valence-electron chi connectivity index (χ4n) is 3.52. The molecule has 1 amide bonds. The van der Waals surface area contributed by atoms with Gasteiger partial charge in [0, 0.05) is 13.1 Å². The second-order valence-electron chi connectivity index (χ2n) is 6.94. The Bertz CT molecular complexity index is 694. The summed E-state index contributed by atoms with van der Waals surface area (Å²) in [6, 6.07) is 3.61. The molecule has 2 atom stereocenters. The van der Waals surface area contributed by atoms with E-state index in [0.717, 1.165) is 43.5 Å². The highest BCUT2D eigenvalue weighted by Crippen LogP contribution is 2.19. The van der Waals surface area contributed by atoms with Crippen molar-refractivity contribution in [3.63, 3.8) is 0 Å². The monoisotopic (exact) mass is 345 g/mol. The van der Waals surface area contributed by atoms with Gasteiger partial charge in [-0.1, -0.05) is 0 Å². The van der Waals surface area contributed by atoms with Gasteiger partial charge >= 0.3 is 0 Å². The fraction of sp³-hybridized carbons (Fsp3) is 0.611. The summed E-state index contributed by atoms with van der Waals surface area (Å²) in [5.74, 6) is 3.10. The first-order chi connectivity index (χ1) is 12.0. The van der Waals surface area contributed by atoms with Gasteiger partial charge in [-0.05, 0) is 58.2 Å². The third-order valence-corrected chi connectivity index (χ3v) is 4.71. The summed E-state index contributed by atoms with van der Waals surface area (Å²) in [5.41, 5.74) is 0. The highest BCUT2D eigenvalue weighted by molar-refractivity contribution is 5.78. The number of piperidine rings is 1. The van der Waals surface area contributed by atoms with Gasteiger partial charge in [0.2, 0.25) is 5.91 Å². The lowest BCUT2D eigenvalue weighted by Gasteiger charge is -2.32. The third kappa shape index (κ3) is 4.69. The van der Waals surface area contributed by atoms with Crippen LogP contribution in [-0.2, 0) is 11.3 Å². The topological polar surface area (TPSA) is 76.2 Å². The number of carbonyl (C=O) groups is 1. The molecule has 0 saturated carbocycles. The van der Waals surface area contributed by atoms with E-state index in [2.05, 4.69) is 20.3 Å². The molecule has 3 heterocycles. The average molecular weight is 345 g/mol. The molecular formula is C18H27N5O2. The van der Waals surface area contributed by atoms with E-state index >= 15 is 0 Å². The van der Waals surface area contributed by atoms with Crippen LogP contribution in [0.3, 0.4) is 0 Å². The quantitative estimate of drug-likeness (QED) is 0.867. The maximum Gasteiger partial charge on any atom is 0.234 e. The van der Waals surface area contributed by atoms with Crippen molar-refractivity contribution < 1.29 is 9.21 Å². The molecule has 0 bridgehead atoms. The molecule has 0 spiro atoms. The minimum Gasteiger partial charge on any atom is -0.467 e. The largest absolute Gasteiger partial charge is 0.467 e. The Kier molecular flexibility index (Phi) is 5.53. The Morgan fingerprint density at radius 2 is 2.32 bits per heavy atom. The molecule has 25 heavy (non-hydrogen) atoms. The number of amides is 1. The van der Waals surface area contributed by atoms with E-state index in [4.69, 9.17) is 4.42 Å². The number of rotatable bonds is 6. The Labute approximate surface area is 148 Å². The van der Waals surface area contributed by atoms with Crippen molar-refractivity contribution in [1.82, 2.24) is 25.0 Å². The van der Waals surface area contributed by atoms with Crippen LogP contribution in [0.25, 0.3) is 0 Å². The van der Waals surface area contributed by atoms with E-state index < -0.39 is 0 Å². The van der Waals surface area contributed by atoms with Gasteiger partial charge in [-0.3, -0.25) is 9.69 Å². The van der Waals surface area contributed by atoms with Crippen LogP contribution < -0.4 is 5.32 Å². The zero-order valence-corrected chi connectivity index (χ0v) is 15.2. The highest BCUT2D eigenvalue weighted by Gasteiger charge is 2.23. The summed E-state index contributed by atoms with van der Waals surface area (Å²) in [4.78, 5) is 18.9. The van der Waals surface area contributed by atoms with Crippen LogP contribution >= 0.6 is 0 Å². The molecule has 0 radical (unpaired) electrons. The predicted octanol–water partition coefficient (Wildman–Crippen LogP) is 2.08. The van der Waals surface area contributed by atoms with E-state index in [0.29, 0.717) is 12.5 Å². The number of hydrogen-bond acceptors (Lipinski definition) is 5. The van der Waals surface area contributed by atoms with Crippen LogP contribution in [0.2, 0.25) is 0 Å². The van der Waals surface area contributed by atoms with E-state index in [-0.39, 0.29) is 11.9 Å². The molecular weight excluding hydrogens is 318 g/mol. The van der Waals surface area contributed by atoms with Crippen LogP contribution in [0.1, 0.15) is 43.2 Å². The lowest BCUT2D eigenvalue weighted by Crippen LogP contribution is -2.43. The van der Waals surface area contributed by atoms with Crippen molar-refractivity contribution in [2.24, 2.45) is 5.92 Å². The summed E-state index contributed by atoms with van der Waals surface area (Å²) in [7, 11) is 0. The minimum absolute atomic E-state index is 0.0392. The molecule has 1 fully saturated rings. The second-order valence-corrected chi connectivity index (χ2v) is 6.94. The van der Waals surface area contributed by atoms with Crippen molar-refractivity contribution in [2.45, 2.75) is 46.2 Å². The average Bonchev–Trinajstić information content (AvgIpc) is 3.18. The lowest BCUT2D eigenvalue weighted by molar-refractivity contribution is -0.123. The van der Waals surface area contributed by atoms with Crippen molar-refractivity contribution >= 4 is 5.91 Å². The Balaban J connectivity index is 1.49. The van der Waals surface area contributed by atoms with E-state index in [1.807, 2.05) is 37.6 Å². The summed E-state index contributed by atoms with van der Waals surface area (Å²) in [6.07, 6.45) is 3.90. The first kappa shape index (κ1) is 17.7. The lowest BCUT2D eigenvalue weighted by atomic mass is 9.98. The number of aryl methyl sites for hydroxylation is 2. The standard InChI is InChI=1S/C18H27N5O2/c1-13(17-7-5-9-25-17)19-18(24)12-22-8-4-6-16(10-22)11-23-15(3)20-14(2)21-23/h5,7,9,13,16H,4,6,8,10-12H2,1-3H3,(H,19,24)/t13-,16-/m0/s1. The van der Waals surface area contributed by atoms with Crippen molar-refractivity contribution in [3.8, 4) is 0 Å². The second kappa shape index (κ2) is 7.82. The number of furan rings is 1. The van der Waals surface area contributed by atoms with E-state index in [9.17, 15) is 4.79 Å². The first-order valence-corrected chi connectivity index (χ1v) is 8.94. The molecule has 7 nitrogen and oxygen atoms in total. The first-order valence-electron chi connectivity index (χ1n) is 8.94. The van der Waals surface area contributed by atoms with Crippen molar-refractivity contribution in [2.75, 3.05) is 19.6 Å². The summed E-state index contributed by atoms with van der Waals surface area (Å²) in [6.45, 7) is 9.02. The molecule has 7 heteroatoms. The maximum atomic E-state index is 12.3. The molecule has 0 unspecified atom stereocenters. The highest BCUT2D eigenvalue weighted by atomic mass is 16.3. The zero-order valence-electron chi connectivity index (χ0n) is 15.2. The van der Waals surface area contributed by atoms with Gasteiger partial charge in [0.15, 0.2) is 0 Å². The van der Waals surface area contributed by atoms with Gasteiger partial charge in [-0.25, -0.2) is 9.67 Å². The van der Waals surface area contributed by atoms with Gasteiger partial charge < -0.3 is 9.73 Å². The smallest absolute Gasteiger partial charge is 0.234 e. The van der Waals surface area contributed by atoms with Crippen molar-refractivity contribution in [1.29, 1.82) is 0 Å². The zero-order chi connectivity index (χ0) is 17.8. The number of nitrogens with zero attached hydrogens (tertiary/aromatic N) is 4. The molecule has 1 N–H and O–H groups in total. The molecule has 1 aliphatic rings. The van der Waals surface area contributed by atoms with Crippen LogP contribution in [0.5, 0.6) is 0 Å². The van der Waals surface area contributed by atoms with E-state index in [1.54, 1.807) is 6.26 Å². The maximum absolute atomic E-state index is 12.3. The predicted molar refractivity (Wildman–Crippen MR) is 93.9 cm³/mol. The van der Waals surface area contributed by atoms with E-state index in [1.165, 1.54) is 6.42 Å². The molecule has 1 aliphatic heterocycles. The molecule has 0 aliphatic carbocycles. The SMILES string of the molecule is Cc1nc(C)n(C[C@H]2CCCN(CC(=O)N[C@@H](C)c3ccco3)C2)n1. The van der Waals surface area contributed by atoms with Gasteiger partial charge in [0.1, 0.15) is 17.4 Å².